The van der Waals surface area contributed by atoms with Crippen molar-refractivity contribution >= 4 is 63.9 Å². The van der Waals surface area contributed by atoms with Gasteiger partial charge in [0.1, 0.15) is 10.7 Å². The first kappa shape index (κ1) is 18.1. The Morgan fingerprint density at radius 2 is 1.60 bits per heavy atom. The number of nitrogens with one attached hydrogen (secondary N) is 1. The van der Waals surface area contributed by atoms with Gasteiger partial charge in [0.15, 0.2) is 0 Å². The maximum Gasteiger partial charge on any atom is 0.279 e. The van der Waals surface area contributed by atoms with Gasteiger partial charge in [-0.3, -0.25) is 14.5 Å². The monoisotopic (exact) mass is 414 g/mol. The van der Waals surface area contributed by atoms with E-state index in [-0.39, 0.29) is 17.3 Å². The van der Waals surface area contributed by atoms with Crippen molar-refractivity contribution in [1.29, 1.82) is 0 Å². The van der Waals surface area contributed by atoms with Gasteiger partial charge in [0.2, 0.25) is 0 Å². The minimum atomic E-state index is -0.595. The standard InChI is InChI=1S/C17H10Cl4N2O2/c18-10-2-1-3-12(6-10)22-15-14(21)16(24)23(17(15)25)8-9-4-5-11(19)7-13(9)20/h1-7,22H,8H2. The highest BCUT2D eigenvalue weighted by atomic mass is 35.5. The Balaban J connectivity index is 1.83. The summed E-state index contributed by atoms with van der Waals surface area (Å²) in [4.78, 5) is 26.0. The van der Waals surface area contributed by atoms with E-state index < -0.39 is 11.8 Å². The zero-order valence-corrected chi connectivity index (χ0v) is 15.5. The summed E-state index contributed by atoms with van der Waals surface area (Å²) in [5.74, 6) is -1.14. The summed E-state index contributed by atoms with van der Waals surface area (Å²) in [6, 6.07) is 11.6. The first-order valence-electron chi connectivity index (χ1n) is 7.09. The summed E-state index contributed by atoms with van der Waals surface area (Å²) in [5, 5.41) is 3.98. The summed E-state index contributed by atoms with van der Waals surface area (Å²) in [7, 11) is 0. The highest BCUT2D eigenvalue weighted by molar-refractivity contribution is 6.48. The van der Waals surface area contributed by atoms with E-state index in [1.165, 1.54) is 0 Å². The molecule has 4 nitrogen and oxygen atoms in total. The van der Waals surface area contributed by atoms with Gasteiger partial charge in [-0.15, -0.1) is 0 Å². The number of carbonyl (C=O) groups excluding carboxylic acids is 2. The molecule has 3 rings (SSSR count). The van der Waals surface area contributed by atoms with Crippen LogP contribution < -0.4 is 5.32 Å². The maximum absolute atomic E-state index is 12.6. The molecule has 0 aromatic heterocycles. The first-order chi connectivity index (χ1) is 11.9. The SMILES string of the molecule is O=C1C(Cl)=C(Nc2cccc(Cl)c2)C(=O)N1Cc1ccc(Cl)cc1Cl. The average Bonchev–Trinajstić information content (AvgIpc) is 2.75. The third kappa shape index (κ3) is 3.77. The molecule has 0 fully saturated rings. The number of anilines is 1. The number of halogens is 4. The zero-order valence-electron chi connectivity index (χ0n) is 12.5. The Kier molecular flexibility index (Phi) is 5.25. The molecule has 0 unspecified atom stereocenters. The number of rotatable bonds is 4. The lowest BCUT2D eigenvalue weighted by atomic mass is 10.2. The normalized spacial score (nSPS) is 14.5. The molecule has 1 aliphatic rings. The van der Waals surface area contributed by atoms with Crippen LogP contribution in [0.4, 0.5) is 5.69 Å². The maximum atomic E-state index is 12.6. The second kappa shape index (κ2) is 7.26. The van der Waals surface area contributed by atoms with Crippen molar-refractivity contribution in [1.82, 2.24) is 4.90 Å². The number of benzene rings is 2. The molecule has 0 spiro atoms. The van der Waals surface area contributed by atoms with Crippen LogP contribution in [-0.4, -0.2) is 16.7 Å². The van der Waals surface area contributed by atoms with Crippen molar-refractivity contribution in [2.45, 2.75) is 6.54 Å². The number of imide groups is 1. The molecule has 2 aromatic carbocycles. The van der Waals surface area contributed by atoms with Crippen LogP contribution in [0.15, 0.2) is 53.2 Å². The van der Waals surface area contributed by atoms with Gasteiger partial charge in [-0.1, -0.05) is 58.5 Å². The number of nitrogens with zero attached hydrogens (tertiary/aromatic N) is 1. The predicted molar refractivity (Wildman–Crippen MR) is 100.0 cm³/mol. The largest absolute Gasteiger partial charge is 0.350 e. The molecule has 128 valence electrons. The second-order valence-electron chi connectivity index (χ2n) is 5.26. The van der Waals surface area contributed by atoms with Gasteiger partial charge in [0.05, 0.1) is 6.54 Å². The quantitative estimate of drug-likeness (QED) is 0.708. The molecular weight excluding hydrogens is 406 g/mol. The Bertz CT molecular complexity index is 911. The first-order valence-corrected chi connectivity index (χ1v) is 8.60. The van der Waals surface area contributed by atoms with Crippen LogP contribution in [0.2, 0.25) is 15.1 Å². The molecule has 0 atom stereocenters. The number of hydrogen-bond acceptors (Lipinski definition) is 3. The van der Waals surface area contributed by atoms with Crippen LogP contribution in [0.3, 0.4) is 0 Å². The summed E-state index contributed by atoms with van der Waals surface area (Å²) < 4.78 is 0. The highest BCUT2D eigenvalue weighted by Gasteiger charge is 2.38. The van der Waals surface area contributed by atoms with E-state index in [9.17, 15) is 9.59 Å². The minimum Gasteiger partial charge on any atom is -0.350 e. The topological polar surface area (TPSA) is 49.4 Å². The number of hydrogen-bond donors (Lipinski definition) is 1. The fourth-order valence-electron chi connectivity index (χ4n) is 2.33. The molecule has 1 N–H and O–H groups in total. The summed E-state index contributed by atoms with van der Waals surface area (Å²) in [6.07, 6.45) is 0. The molecule has 25 heavy (non-hydrogen) atoms. The summed E-state index contributed by atoms with van der Waals surface area (Å²) >= 11 is 23.9. The Labute approximate surface area is 163 Å². The van der Waals surface area contributed by atoms with E-state index in [1.54, 1.807) is 42.5 Å². The summed E-state index contributed by atoms with van der Waals surface area (Å²) in [6.45, 7) is -0.00931. The van der Waals surface area contributed by atoms with Crippen LogP contribution in [-0.2, 0) is 16.1 Å². The van der Waals surface area contributed by atoms with E-state index in [2.05, 4.69) is 5.32 Å². The molecule has 0 aliphatic carbocycles. The molecule has 0 saturated heterocycles. The van der Waals surface area contributed by atoms with Gasteiger partial charge in [0.25, 0.3) is 11.8 Å². The van der Waals surface area contributed by atoms with Gasteiger partial charge < -0.3 is 5.32 Å². The number of amides is 2. The predicted octanol–water partition coefficient (Wildman–Crippen LogP) is 5.08. The van der Waals surface area contributed by atoms with Crippen molar-refractivity contribution in [3.8, 4) is 0 Å². The van der Waals surface area contributed by atoms with E-state index in [4.69, 9.17) is 46.4 Å². The van der Waals surface area contributed by atoms with Crippen molar-refractivity contribution in [2.75, 3.05) is 5.32 Å². The zero-order chi connectivity index (χ0) is 18.1. The fraction of sp³-hybridized carbons (Fsp3) is 0.0588. The van der Waals surface area contributed by atoms with Crippen LogP contribution in [0, 0.1) is 0 Å². The smallest absolute Gasteiger partial charge is 0.279 e. The van der Waals surface area contributed by atoms with Gasteiger partial charge in [-0.2, -0.15) is 0 Å². The molecule has 0 radical (unpaired) electrons. The third-order valence-electron chi connectivity index (χ3n) is 3.55. The molecule has 1 aliphatic heterocycles. The summed E-state index contributed by atoms with van der Waals surface area (Å²) in [5.41, 5.74) is 1.13. The van der Waals surface area contributed by atoms with Crippen molar-refractivity contribution in [2.24, 2.45) is 0 Å². The molecule has 2 aromatic rings. The van der Waals surface area contributed by atoms with Crippen molar-refractivity contribution in [3.05, 3.63) is 73.8 Å². The lowest BCUT2D eigenvalue weighted by Crippen LogP contribution is -2.32. The molecule has 1 heterocycles. The van der Waals surface area contributed by atoms with Gasteiger partial charge in [-0.05, 0) is 35.9 Å². The van der Waals surface area contributed by atoms with Crippen LogP contribution in [0.5, 0.6) is 0 Å². The Morgan fingerprint density at radius 3 is 2.28 bits per heavy atom. The van der Waals surface area contributed by atoms with Gasteiger partial charge >= 0.3 is 0 Å². The van der Waals surface area contributed by atoms with Crippen molar-refractivity contribution < 1.29 is 9.59 Å². The van der Waals surface area contributed by atoms with Crippen molar-refractivity contribution in [3.63, 3.8) is 0 Å². The lowest BCUT2D eigenvalue weighted by molar-refractivity contribution is -0.138. The molecule has 0 bridgehead atoms. The minimum absolute atomic E-state index is 0.000908. The fourth-order valence-corrected chi connectivity index (χ4v) is 3.22. The van der Waals surface area contributed by atoms with E-state index in [1.807, 2.05) is 0 Å². The van der Waals surface area contributed by atoms with Gasteiger partial charge in [-0.25, -0.2) is 0 Å². The third-order valence-corrected chi connectivity index (χ3v) is 4.72. The highest BCUT2D eigenvalue weighted by Crippen LogP contribution is 2.29. The van der Waals surface area contributed by atoms with Crippen LogP contribution >= 0.6 is 46.4 Å². The van der Waals surface area contributed by atoms with Gasteiger partial charge in [0, 0.05) is 20.8 Å². The average molecular weight is 416 g/mol. The van der Waals surface area contributed by atoms with Crippen LogP contribution in [0.1, 0.15) is 5.56 Å². The second-order valence-corrected chi connectivity index (χ2v) is 6.91. The molecule has 8 heteroatoms. The van der Waals surface area contributed by atoms with E-state index >= 15 is 0 Å². The van der Waals surface area contributed by atoms with E-state index in [0.29, 0.717) is 26.3 Å². The molecule has 2 amide bonds. The number of carbonyl (C=O) groups is 2. The molecular formula is C17H10Cl4N2O2. The van der Waals surface area contributed by atoms with E-state index in [0.717, 1.165) is 4.90 Å². The Morgan fingerprint density at radius 1 is 0.880 bits per heavy atom. The van der Waals surface area contributed by atoms with Crippen LogP contribution in [0.25, 0.3) is 0 Å². The molecule has 0 saturated carbocycles. The lowest BCUT2D eigenvalue weighted by Gasteiger charge is -2.16. The Hall–Kier alpha value is -1.72.